The van der Waals surface area contributed by atoms with Crippen molar-refractivity contribution in [1.29, 1.82) is 0 Å². The van der Waals surface area contributed by atoms with E-state index in [1.165, 1.54) is 0 Å². The summed E-state index contributed by atoms with van der Waals surface area (Å²) in [5, 5.41) is 2.98. The molecule has 0 aliphatic carbocycles. The number of hydrogen-bond acceptors (Lipinski definition) is 6. The highest BCUT2D eigenvalue weighted by Crippen LogP contribution is 2.30. The minimum Gasteiger partial charge on any atom is -0.482 e. The summed E-state index contributed by atoms with van der Waals surface area (Å²) >= 11 is 4.52. The summed E-state index contributed by atoms with van der Waals surface area (Å²) in [6.45, 7) is 7.47. The van der Waals surface area contributed by atoms with Crippen LogP contribution in [0.5, 0.6) is 5.75 Å². The molecule has 2 aromatic rings. The van der Waals surface area contributed by atoms with Gasteiger partial charge in [-0.1, -0.05) is 17.4 Å². The Morgan fingerprint density at radius 2 is 2.00 bits per heavy atom. The van der Waals surface area contributed by atoms with E-state index in [0.717, 1.165) is 26.9 Å². The second-order valence-electron chi connectivity index (χ2n) is 5.38. The van der Waals surface area contributed by atoms with Gasteiger partial charge in [-0.25, -0.2) is 9.78 Å². The van der Waals surface area contributed by atoms with E-state index in [0.29, 0.717) is 21.5 Å². The molecule has 0 spiro atoms. The van der Waals surface area contributed by atoms with E-state index in [1.54, 1.807) is 13.8 Å². The predicted molar refractivity (Wildman–Crippen MR) is 101 cm³/mol. The lowest BCUT2D eigenvalue weighted by atomic mass is 10.1. The van der Waals surface area contributed by atoms with Crippen LogP contribution in [0, 0.1) is 20.8 Å². The Morgan fingerprint density at radius 3 is 2.64 bits per heavy atom. The van der Waals surface area contributed by atoms with Crippen LogP contribution >= 0.6 is 27.3 Å². The van der Waals surface area contributed by atoms with E-state index >= 15 is 0 Å². The molecular weight excluding hydrogens is 408 g/mol. The molecule has 0 aliphatic heterocycles. The topological polar surface area (TPSA) is 77.5 Å². The number of ether oxygens (including phenoxy) is 2. The first-order chi connectivity index (χ1) is 11.8. The fourth-order valence-electron chi connectivity index (χ4n) is 2.21. The zero-order valence-corrected chi connectivity index (χ0v) is 16.8. The summed E-state index contributed by atoms with van der Waals surface area (Å²) in [4.78, 5) is 28.4. The monoisotopic (exact) mass is 426 g/mol. The minimum atomic E-state index is -0.437. The normalized spacial score (nSPS) is 10.4. The Morgan fingerprint density at radius 1 is 1.28 bits per heavy atom. The number of amides is 1. The number of halogens is 1. The van der Waals surface area contributed by atoms with Gasteiger partial charge in [0.05, 0.1) is 16.8 Å². The average molecular weight is 427 g/mol. The standard InChI is InChI=1S/C17H19BrN2O4S/c1-5-23-16(22)15-11(4)19-17(25-15)20-13(21)8-24-14-10(3)6-9(2)7-12(14)18/h6-7H,5,8H2,1-4H3,(H,19,20,21). The summed E-state index contributed by atoms with van der Waals surface area (Å²) in [5.74, 6) is -0.159. The third-order valence-electron chi connectivity index (χ3n) is 3.23. The quantitative estimate of drug-likeness (QED) is 0.705. The lowest BCUT2D eigenvalue weighted by Gasteiger charge is -2.11. The van der Waals surface area contributed by atoms with Gasteiger partial charge in [-0.15, -0.1) is 0 Å². The molecule has 0 bridgehead atoms. The number of carbonyl (C=O) groups excluding carboxylic acids is 2. The third kappa shape index (κ3) is 5.02. The fourth-order valence-corrected chi connectivity index (χ4v) is 3.88. The number of rotatable bonds is 6. The molecule has 0 saturated heterocycles. The van der Waals surface area contributed by atoms with Crippen molar-refractivity contribution >= 4 is 44.3 Å². The van der Waals surface area contributed by atoms with Crippen molar-refractivity contribution in [3.05, 3.63) is 38.3 Å². The van der Waals surface area contributed by atoms with Gasteiger partial charge in [-0.05, 0) is 60.8 Å². The number of carbonyl (C=O) groups is 2. The minimum absolute atomic E-state index is 0.157. The van der Waals surface area contributed by atoms with Crippen LogP contribution in [0.4, 0.5) is 5.13 Å². The zero-order valence-electron chi connectivity index (χ0n) is 14.4. The van der Waals surface area contributed by atoms with E-state index < -0.39 is 5.97 Å². The molecule has 1 N–H and O–H groups in total. The molecule has 0 saturated carbocycles. The maximum atomic E-state index is 12.1. The number of hydrogen-bond donors (Lipinski definition) is 1. The van der Waals surface area contributed by atoms with E-state index in [1.807, 2.05) is 26.0 Å². The Kier molecular flexibility index (Phi) is 6.55. The van der Waals surface area contributed by atoms with Crippen molar-refractivity contribution in [2.24, 2.45) is 0 Å². The highest BCUT2D eigenvalue weighted by molar-refractivity contribution is 9.10. The van der Waals surface area contributed by atoms with Crippen molar-refractivity contribution in [3.8, 4) is 5.75 Å². The summed E-state index contributed by atoms with van der Waals surface area (Å²) in [7, 11) is 0. The van der Waals surface area contributed by atoms with Gasteiger partial charge in [-0.3, -0.25) is 10.1 Å². The Labute approximate surface area is 158 Å². The molecule has 1 aromatic carbocycles. The van der Waals surface area contributed by atoms with Crippen molar-refractivity contribution < 1.29 is 19.1 Å². The number of benzene rings is 1. The molecule has 0 aliphatic rings. The van der Waals surface area contributed by atoms with Crippen LogP contribution < -0.4 is 10.1 Å². The number of thiazole rings is 1. The molecule has 1 aromatic heterocycles. The van der Waals surface area contributed by atoms with Crippen LogP contribution in [0.25, 0.3) is 0 Å². The van der Waals surface area contributed by atoms with Gasteiger partial charge in [0.15, 0.2) is 11.7 Å². The summed E-state index contributed by atoms with van der Waals surface area (Å²) in [6, 6.07) is 3.91. The van der Waals surface area contributed by atoms with Crippen LogP contribution in [0.15, 0.2) is 16.6 Å². The molecule has 134 valence electrons. The van der Waals surface area contributed by atoms with Gasteiger partial charge >= 0.3 is 5.97 Å². The third-order valence-corrected chi connectivity index (χ3v) is 4.87. The van der Waals surface area contributed by atoms with E-state index in [4.69, 9.17) is 9.47 Å². The van der Waals surface area contributed by atoms with Gasteiger partial charge in [0.2, 0.25) is 0 Å². The smallest absolute Gasteiger partial charge is 0.350 e. The first-order valence-corrected chi connectivity index (χ1v) is 9.26. The van der Waals surface area contributed by atoms with Gasteiger partial charge in [0, 0.05) is 0 Å². The van der Waals surface area contributed by atoms with Crippen molar-refractivity contribution in [1.82, 2.24) is 4.98 Å². The highest BCUT2D eigenvalue weighted by atomic mass is 79.9. The SMILES string of the molecule is CCOC(=O)c1sc(NC(=O)COc2c(C)cc(C)cc2Br)nc1C. The van der Waals surface area contributed by atoms with Crippen LogP contribution in [-0.4, -0.2) is 30.1 Å². The molecule has 0 atom stereocenters. The molecule has 8 heteroatoms. The molecule has 0 radical (unpaired) electrons. The van der Waals surface area contributed by atoms with Gasteiger partial charge < -0.3 is 9.47 Å². The zero-order chi connectivity index (χ0) is 18.6. The maximum absolute atomic E-state index is 12.1. The van der Waals surface area contributed by atoms with E-state index in [9.17, 15) is 9.59 Å². The van der Waals surface area contributed by atoms with Gasteiger partial charge in [0.25, 0.3) is 5.91 Å². The molecule has 2 rings (SSSR count). The molecular formula is C17H19BrN2O4S. The Hall–Kier alpha value is -1.93. The maximum Gasteiger partial charge on any atom is 0.350 e. The number of anilines is 1. The first kappa shape index (κ1) is 19.4. The number of aromatic nitrogens is 1. The van der Waals surface area contributed by atoms with Crippen LogP contribution in [0.2, 0.25) is 0 Å². The van der Waals surface area contributed by atoms with Crippen LogP contribution in [0.1, 0.15) is 33.4 Å². The summed E-state index contributed by atoms with van der Waals surface area (Å²) in [5.41, 5.74) is 2.57. The second-order valence-corrected chi connectivity index (χ2v) is 7.24. The lowest BCUT2D eigenvalue weighted by Crippen LogP contribution is -2.20. The summed E-state index contributed by atoms with van der Waals surface area (Å²) in [6.07, 6.45) is 0. The number of aryl methyl sites for hydroxylation is 3. The van der Waals surface area contributed by atoms with E-state index in [2.05, 4.69) is 26.2 Å². The highest BCUT2D eigenvalue weighted by Gasteiger charge is 2.18. The van der Waals surface area contributed by atoms with E-state index in [-0.39, 0.29) is 19.1 Å². The average Bonchev–Trinajstić information content (AvgIpc) is 2.86. The predicted octanol–water partition coefficient (Wildman–Crippen LogP) is 4.03. The van der Waals surface area contributed by atoms with Crippen LogP contribution in [0.3, 0.4) is 0 Å². The summed E-state index contributed by atoms with van der Waals surface area (Å²) < 4.78 is 11.4. The fraction of sp³-hybridized carbons (Fsp3) is 0.353. The van der Waals surface area contributed by atoms with Gasteiger partial charge in [-0.2, -0.15) is 0 Å². The second kappa shape index (κ2) is 8.44. The number of nitrogens with zero attached hydrogens (tertiary/aromatic N) is 1. The molecule has 25 heavy (non-hydrogen) atoms. The lowest BCUT2D eigenvalue weighted by molar-refractivity contribution is -0.118. The van der Waals surface area contributed by atoms with Crippen LogP contribution in [-0.2, 0) is 9.53 Å². The molecule has 0 fully saturated rings. The first-order valence-electron chi connectivity index (χ1n) is 7.65. The van der Waals surface area contributed by atoms with Gasteiger partial charge in [0.1, 0.15) is 10.6 Å². The Bertz CT molecular complexity index is 781. The number of esters is 1. The van der Waals surface area contributed by atoms with Crippen molar-refractivity contribution in [2.45, 2.75) is 27.7 Å². The molecule has 1 heterocycles. The number of nitrogens with one attached hydrogen (secondary N) is 1. The van der Waals surface area contributed by atoms with Crippen molar-refractivity contribution in [2.75, 3.05) is 18.5 Å². The molecule has 0 unspecified atom stereocenters. The molecule has 1 amide bonds. The molecule has 6 nitrogen and oxygen atoms in total. The Balaban J connectivity index is 1.99. The largest absolute Gasteiger partial charge is 0.482 e. The van der Waals surface area contributed by atoms with Crippen molar-refractivity contribution in [3.63, 3.8) is 0 Å².